The Kier molecular flexibility index (Phi) is 3.72. The summed E-state index contributed by atoms with van der Waals surface area (Å²) in [5.74, 6) is -0.750. The predicted molar refractivity (Wildman–Crippen MR) is 70.4 cm³/mol. The molecule has 0 bridgehead atoms. The SMILES string of the molecule is NC(=O)c1cc(Cl)ccc1-c1cccc(C(F)(F)F)c1. The second kappa shape index (κ2) is 5.17. The predicted octanol–water partition coefficient (Wildman–Crippen LogP) is 4.12. The Morgan fingerprint density at radius 3 is 2.40 bits per heavy atom. The molecule has 0 saturated heterocycles. The third kappa shape index (κ3) is 2.93. The van der Waals surface area contributed by atoms with Crippen LogP contribution >= 0.6 is 11.6 Å². The van der Waals surface area contributed by atoms with E-state index in [0.29, 0.717) is 5.56 Å². The average molecular weight is 300 g/mol. The highest BCUT2D eigenvalue weighted by atomic mass is 35.5. The van der Waals surface area contributed by atoms with Crippen molar-refractivity contribution in [1.82, 2.24) is 0 Å². The summed E-state index contributed by atoms with van der Waals surface area (Å²) in [6.45, 7) is 0. The number of rotatable bonds is 2. The van der Waals surface area contributed by atoms with E-state index in [1.807, 2.05) is 0 Å². The zero-order valence-electron chi connectivity index (χ0n) is 10.0. The highest BCUT2D eigenvalue weighted by Crippen LogP contribution is 2.33. The van der Waals surface area contributed by atoms with E-state index in [2.05, 4.69) is 0 Å². The molecule has 2 aromatic rings. The van der Waals surface area contributed by atoms with Crippen LogP contribution in [0.25, 0.3) is 11.1 Å². The number of carbonyl (C=O) groups is 1. The molecule has 20 heavy (non-hydrogen) atoms. The van der Waals surface area contributed by atoms with Gasteiger partial charge in [-0.3, -0.25) is 4.79 Å². The van der Waals surface area contributed by atoms with E-state index in [4.69, 9.17) is 17.3 Å². The van der Waals surface area contributed by atoms with Crippen molar-refractivity contribution in [3.63, 3.8) is 0 Å². The number of hydrogen-bond acceptors (Lipinski definition) is 1. The monoisotopic (exact) mass is 299 g/mol. The Labute approximate surface area is 118 Å². The van der Waals surface area contributed by atoms with Gasteiger partial charge in [-0.15, -0.1) is 0 Å². The van der Waals surface area contributed by atoms with Crippen molar-refractivity contribution in [3.8, 4) is 11.1 Å². The van der Waals surface area contributed by atoms with Crippen molar-refractivity contribution in [2.24, 2.45) is 5.73 Å². The van der Waals surface area contributed by atoms with Crippen LogP contribution in [0.1, 0.15) is 15.9 Å². The normalized spacial score (nSPS) is 11.4. The third-order valence-corrected chi connectivity index (χ3v) is 2.98. The number of alkyl halides is 3. The minimum absolute atomic E-state index is 0.0804. The van der Waals surface area contributed by atoms with Crippen molar-refractivity contribution >= 4 is 17.5 Å². The summed E-state index contributed by atoms with van der Waals surface area (Å²) in [4.78, 5) is 11.4. The summed E-state index contributed by atoms with van der Waals surface area (Å²) in [6, 6.07) is 8.97. The Morgan fingerprint density at radius 2 is 1.80 bits per heavy atom. The van der Waals surface area contributed by atoms with Gasteiger partial charge < -0.3 is 5.73 Å². The second-order valence-electron chi connectivity index (χ2n) is 4.13. The van der Waals surface area contributed by atoms with Crippen LogP contribution in [0.4, 0.5) is 13.2 Å². The molecule has 2 aromatic carbocycles. The molecule has 0 atom stereocenters. The van der Waals surface area contributed by atoms with E-state index < -0.39 is 17.6 Å². The maximum atomic E-state index is 12.7. The Bertz CT molecular complexity index is 668. The van der Waals surface area contributed by atoms with Gasteiger partial charge in [0.1, 0.15) is 0 Å². The molecule has 0 heterocycles. The Balaban J connectivity index is 2.60. The molecule has 6 heteroatoms. The van der Waals surface area contributed by atoms with Crippen molar-refractivity contribution < 1.29 is 18.0 Å². The first kappa shape index (κ1) is 14.4. The average Bonchev–Trinajstić information content (AvgIpc) is 2.37. The molecule has 2 rings (SSSR count). The van der Waals surface area contributed by atoms with Crippen LogP contribution in [-0.2, 0) is 6.18 Å². The largest absolute Gasteiger partial charge is 0.416 e. The van der Waals surface area contributed by atoms with E-state index in [-0.39, 0.29) is 16.1 Å². The highest BCUT2D eigenvalue weighted by Gasteiger charge is 2.30. The number of benzene rings is 2. The summed E-state index contributed by atoms with van der Waals surface area (Å²) < 4.78 is 38.1. The number of carbonyl (C=O) groups excluding carboxylic acids is 1. The number of hydrogen-bond donors (Lipinski definition) is 1. The number of primary amides is 1. The first-order valence-electron chi connectivity index (χ1n) is 5.56. The quantitative estimate of drug-likeness (QED) is 0.890. The van der Waals surface area contributed by atoms with E-state index in [1.165, 1.54) is 30.3 Å². The smallest absolute Gasteiger partial charge is 0.366 e. The third-order valence-electron chi connectivity index (χ3n) is 2.75. The van der Waals surface area contributed by atoms with Gasteiger partial charge in [0.15, 0.2) is 0 Å². The van der Waals surface area contributed by atoms with Crippen LogP contribution in [0.15, 0.2) is 42.5 Å². The molecule has 0 unspecified atom stereocenters. The molecule has 0 aromatic heterocycles. The molecule has 0 aliphatic carbocycles. The topological polar surface area (TPSA) is 43.1 Å². The molecule has 1 amide bonds. The summed E-state index contributed by atoms with van der Waals surface area (Å²) in [6.07, 6.45) is -4.45. The van der Waals surface area contributed by atoms with Crippen molar-refractivity contribution in [3.05, 3.63) is 58.6 Å². The lowest BCUT2D eigenvalue weighted by atomic mass is 9.97. The fraction of sp³-hybridized carbons (Fsp3) is 0.0714. The lowest BCUT2D eigenvalue weighted by molar-refractivity contribution is -0.137. The van der Waals surface area contributed by atoms with Gasteiger partial charge >= 0.3 is 6.18 Å². The highest BCUT2D eigenvalue weighted by molar-refractivity contribution is 6.31. The van der Waals surface area contributed by atoms with Gasteiger partial charge in [0.2, 0.25) is 5.91 Å². The molecule has 0 spiro atoms. The Hall–Kier alpha value is -2.01. The molecular formula is C14H9ClF3NO. The van der Waals surface area contributed by atoms with Crippen LogP contribution < -0.4 is 5.73 Å². The minimum Gasteiger partial charge on any atom is -0.366 e. The molecule has 0 saturated carbocycles. The van der Waals surface area contributed by atoms with Gasteiger partial charge in [-0.05, 0) is 35.4 Å². The van der Waals surface area contributed by atoms with E-state index >= 15 is 0 Å². The zero-order chi connectivity index (χ0) is 14.9. The summed E-state index contributed by atoms with van der Waals surface area (Å²) in [5, 5.41) is 0.287. The fourth-order valence-corrected chi connectivity index (χ4v) is 2.01. The van der Waals surface area contributed by atoms with E-state index in [1.54, 1.807) is 0 Å². The molecule has 0 fully saturated rings. The second-order valence-corrected chi connectivity index (χ2v) is 4.57. The summed E-state index contributed by atoms with van der Waals surface area (Å²) in [7, 11) is 0. The number of nitrogens with two attached hydrogens (primary N) is 1. The van der Waals surface area contributed by atoms with Crippen LogP contribution in [0.3, 0.4) is 0 Å². The van der Waals surface area contributed by atoms with E-state index in [9.17, 15) is 18.0 Å². The van der Waals surface area contributed by atoms with Crippen LogP contribution in [0, 0.1) is 0 Å². The fourth-order valence-electron chi connectivity index (χ4n) is 1.84. The molecule has 0 aliphatic rings. The maximum Gasteiger partial charge on any atom is 0.416 e. The standard InChI is InChI=1S/C14H9ClF3NO/c15-10-4-5-11(12(7-10)13(19)20)8-2-1-3-9(6-8)14(16,17)18/h1-7H,(H2,19,20). The molecule has 0 radical (unpaired) electrons. The van der Waals surface area contributed by atoms with Gasteiger partial charge in [-0.25, -0.2) is 0 Å². The minimum atomic E-state index is -4.45. The van der Waals surface area contributed by atoms with E-state index in [0.717, 1.165) is 12.1 Å². The van der Waals surface area contributed by atoms with Crippen LogP contribution in [-0.4, -0.2) is 5.91 Å². The van der Waals surface area contributed by atoms with Crippen LogP contribution in [0.5, 0.6) is 0 Å². The van der Waals surface area contributed by atoms with Crippen molar-refractivity contribution in [2.45, 2.75) is 6.18 Å². The lowest BCUT2D eigenvalue weighted by Crippen LogP contribution is -2.12. The van der Waals surface area contributed by atoms with Gasteiger partial charge in [-0.2, -0.15) is 13.2 Å². The van der Waals surface area contributed by atoms with Crippen molar-refractivity contribution in [1.29, 1.82) is 0 Å². The molecule has 2 nitrogen and oxygen atoms in total. The first-order valence-corrected chi connectivity index (χ1v) is 5.94. The van der Waals surface area contributed by atoms with Gasteiger partial charge in [0.25, 0.3) is 0 Å². The molecule has 0 aliphatic heterocycles. The zero-order valence-corrected chi connectivity index (χ0v) is 10.8. The molecular weight excluding hydrogens is 291 g/mol. The summed E-state index contributed by atoms with van der Waals surface area (Å²) >= 11 is 5.76. The van der Waals surface area contributed by atoms with Gasteiger partial charge in [0, 0.05) is 10.6 Å². The first-order chi connectivity index (χ1) is 9.29. The number of halogens is 4. The number of amides is 1. The lowest BCUT2D eigenvalue weighted by Gasteiger charge is -2.11. The Morgan fingerprint density at radius 1 is 1.10 bits per heavy atom. The van der Waals surface area contributed by atoms with Gasteiger partial charge in [0.05, 0.1) is 5.56 Å². The molecule has 104 valence electrons. The summed E-state index contributed by atoms with van der Waals surface area (Å²) in [5.41, 5.74) is 5.08. The van der Waals surface area contributed by atoms with Crippen molar-refractivity contribution in [2.75, 3.05) is 0 Å². The van der Waals surface area contributed by atoms with Crippen LogP contribution in [0.2, 0.25) is 5.02 Å². The molecule has 2 N–H and O–H groups in total. The maximum absolute atomic E-state index is 12.7. The van der Waals surface area contributed by atoms with Gasteiger partial charge in [-0.1, -0.05) is 29.8 Å².